The molecule has 0 saturated carbocycles. The molecule has 0 aliphatic rings. The Balaban J connectivity index is 2.22. The standard InChI is InChI=1S/C17H16ClN3O2/c1-11(22)21-15-6-5-14(18)8-16(15)20-10-13-4-3-12(9-19)7-17(13)23-2/h3-8,20H,10H2,1-2H3,(H,21,22). The summed E-state index contributed by atoms with van der Waals surface area (Å²) in [6.45, 7) is 1.91. The molecule has 118 valence electrons. The van der Waals surface area contributed by atoms with Crippen LogP contribution >= 0.6 is 11.6 Å². The fraction of sp³-hybridized carbons (Fsp3) is 0.176. The third-order valence-corrected chi connectivity index (χ3v) is 3.41. The Labute approximate surface area is 139 Å². The van der Waals surface area contributed by atoms with E-state index in [1.807, 2.05) is 6.07 Å². The molecule has 2 aromatic carbocycles. The summed E-state index contributed by atoms with van der Waals surface area (Å²) in [6.07, 6.45) is 0. The van der Waals surface area contributed by atoms with Gasteiger partial charge in [-0.15, -0.1) is 0 Å². The van der Waals surface area contributed by atoms with Crippen molar-refractivity contribution in [3.05, 3.63) is 52.5 Å². The van der Waals surface area contributed by atoms with Gasteiger partial charge in [0.2, 0.25) is 5.91 Å². The van der Waals surface area contributed by atoms with Gasteiger partial charge < -0.3 is 15.4 Å². The molecule has 0 aliphatic heterocycles. The molecule has 0 aromatic heterocycles. The maximum absolute atomic E-state index is 11.3. The van der Waals surface area contributed by atoms with Crippen LogP contribution in [0.3, 0.4) is 0 Å². The van der Waals surface area contributed by atoms with Crippen molar-refractivity contribution in [1.82, 2.24) is 0 Å². The van der Waals surface area contributed by atoms with Crippen molar-refractivity contribution in [2.24, 2.45) is 0 Å². The minimum absolute atomic E-state index is 0.161. The minimum atomic E-state index is -0.161. The predicted octanol–water partition coefficient (Wildman–Crippen LogP) is 3.79. The zero-order valence-corrected chi connectivity index (χ0v) is 13.6. The van der Waals surface area contributed by atoms with E-state index in [-0.39, 0.29) is 5.91 Å². The van der Waals surface area contributed by atoms with Crippen LogP contribution in [0.15, 0.2) is 36.4 Å². The number of nitrogens with one attached hydrogen (secondary N) is 2. The summed E-state index contributed by atoms with van der Waals surface area (Å²) in [4.78, 5) is 11.3. The molecule has 6 heteroatoms. The van der Waals surface area contributed by atoms with Crippen molar-refractivity contribution in [3.63, 3.8) is 0 Å². The van der Waals surface area contributed by atoms with Crippen molar-refractivity contribution in [2.45, 2.75) is 13.5 Å². The number of nitrogens with zero attached hydrogens (tertiary/aromatic N) is 1. The predicted molar refractivity (Wildman–Crippen MR) is 90.8 cm³/mol. The van der Waals surface area contributed by atoms with Gasteiger partial charge in [0.25, 0.3) is 0 Å². The van der Waals surface area contributed by atoms with Gasteiger partial charge in [0.1, 0.15) is 5.75 Å². The van der Waals surface area contributed by atoms with E-state index in [9.17, 15) is 4.79 Å². The molecular weight excluding hydrogens is 314 g/mol. The molecule has 1 amide bonds. The van der Waals surface area contributed by atoms with Crippen LogP contribution in [0.25, 0.3) is 0 Å². The van der Waals surface area contributed by atoms with Crippen LogP contribution in [0.1, 0.15) is 18.1 Å². The van der Waals surface area contributed by atoms with Crippen LogP contribution in [-0.2, 0) is 11.3 Å². The molecule has 2 N–H and O–H groups in total. The number of hydrogen-bond donors (Lipinski definition) is 2. The van der Waals surface area contributed by atoms with Gasteiger partial charge in [0.15, 0.2) is 0 Å². The molecule has 0 heterocycles. The van der Waals surface area contributed by atoms with Gasteiger partial charge in [-0.05, 0) is 30.3 Å². The van der Waals surface area contributed by atoms with E-state index in [4.69, 9.17) is 21.6 Å². The van der Waals surface area contributed by atoms with E-state index in [0.717, 1.165) is 5.56 Å². The normalized spacial score (nSPS) is 9.83. The number of methoxy groups -OCH3 is 1. The number of carbonyl (C=O) groups is 1. The van der Waals surface area contributed by atoms with E-state index in [1.54, 1.807) is 37.4 Å². The lowest BCUT2D eigenvalue weighted by atomic mass is 10.1. The third kappa shape index (κ3) is 4.38. The fourth-order valence-corrected chi connectivity index (χ4v) is 2.28. The highest BCUT2D eigenvalue weighted by molar-refractivity contribution is 6.31. The molecule has 0 atom stereocenters. The molecule has 0 unspecified atom stereocenters. The molecule has 0 bridgehead atoms. The van der Waals surface area contributed by atoms with Crippen molar-refractivity contribution in [3.8, 4) is 11.8 Å². The Morgan fingerprint density at radius 1 is 1.26 bits per heavy atom. The quantitative estimate of drug-likeness (QED) is 0.875. The zero-order valence-electron chi connectivity index (χ0n) is 12.8. The second kappa shape index (κ2) is 7.52. The number of halogens is 1. The lowest BCUT2D eigenvalue weighted by molar-refractivity contribution is -0.114. The molecule has 0 saturated heterocycles. The molecular formula is C17H16ClN3O2. The van der Waals surface area contributed by atoms with Crippen molar-refractivity contribution in [1.29, 1.82) is 5.26 Å². The van der Waals surface area contributed by atoms with Crippen LogP contribution in [-0.4, -0.2) is 13.0 Å². The Bertz CT molecular complexity index is 769. The molecule has 0 aliphatic carbocycles. The highest BCUT2D eigenvalue weighted by atomic mass is 35.5. The van der Waals surface area contributed by atoms with Crippen molar-refractivity contribution >= 4 is 28.9 Å². The second-order valence-corrected chi connectivity index (χ2v) is 5.30. The summed E-state index contributed by atoms with van der Waals surface area (Å²) < 4.78 is 5.31. The first kappa shape index (κ1) is 16.7. The third-order valence-electron chi connectivity index (χ3n) is 3.18. The largest absolute Gasteiger partial charge is 0.496 e. The number of nitriles is 1. The molecule has 0 fully saturated rings. The number of hydrogen-bond acceptors (Lipinski definition) is 4. The van der Waals surface area contributed by atoms with Gasteiger partial charge in [-0.1, -0.05) is 17.7 Å². The number of benzene rings is 2. The summed E-state index contributed by atoms with van der Waals surface area (Å²) in [5, 5.41) is 15.5. The van der Waals surface area contributed by atoms with E-state index >= 15 is 0 Å². The molecule has 0 spiro atoms. The van der Waals surface area contributed by atoms with Crippen LogP contribution in [0.5, 0.6) is 5.75 Å². The average molecular weight is 330 g/mol. The molecule has 2 aromatic rings. The van der Waals surface area contributed by atoms with Gasteiger partial charge in [0, 0.05) is 24.1 Å². The van der Waals surface area contributed by atoms with Crippen LogP contribution in [0.2, 0.25) is 5.02 Å². The average Bonchev–Trinajstić information content (AvgIpc) is 2.54. The summed E-state index contributed by atoms with van der Waals surface area (Å²) in [5.74, 6) is 0.464. The lowest BCUT2D eigenvalue weighted by Gasteiger charge is -2.14. The fourth-order valence-electron chi connectivity index (χ4n) is 2.11. The Morgan fingerprint density at radius 2 is 2.04 bits per heavy atom. The highest BCUT2D eigenvalue weighted by Gasteiger charge is 2.08. The smallest absolute Gasteiger partial charge is 0.221 e. The topological polar surface area (TPSA) is 74.2 Å². The second-order valence-electron chi connectivity index (χ2n) is 4.86. The lowest BCUT2D eigenvalue weighted by Crippen LogP contribution is -2.10. The Hall–Kier alpha value is -2.71. The summed E-state index contributed by atoms with van der Waals surface area (Å²) in [7, 11) is 1.56. The van der Waals surface area contributed by atoms with Crippen molar-refractivity contribution in [2.75, 3.05) is 17.7 Å². The molecule has 5 nitrogen and oxygen atoms in total. The van der Waals surface area contributed by atoms with Gasteiger partial charge in [0.05, 0.1) is 30.1 Å². The van der Waals surface area contributed by atoms with E-state index < -0.39 is 0 Å². The maximum atomic E-state index is 11.3. The van der Waals surface area contributed by atoms with Gasteiger partial charge in [-0.25, -0.2) is 0 Å². The Kier molecular flexibility index (Phi) is 5.45. The maximum Gasteiger partial charge on any atom is 0.221 e. The van der Waals surface area contributed by atoms with Gasteiger partial charge >= 0.3 is 0 Å². The zero-order chi connectivity index (χ0) is 16.8. The van der Waals surface area contributed by atoms with E-state index in [1.165, 1.54) is 6.92 Å². The number of rotatable bonds is 5. The Morgan fingerprint density at radius 3 is 2.70 bits per heavy atom. The van der Waals surface area contributed by atoms with Crippen molar-refractivity contribution < 1.29 is 9.53 Å². The van der Waals surface area contributed by atoms with Crippen LogP contribution < -0.4 is 15.4 Å². The first-order valence-corrected chi connectivity index (χ1v) is 7.29. The number of amides is 1. The molecule has 23 heavy (non-hydrogen) atoms. The van der Waals surface area contributed by atoms with Crippen LogP contribution in [0, 0.1) is 11.3 Å². The number of carbonyl (C=O) groups excluding carboxylic acids is 1. The number of ether oxygens (including phenoxy) is 1. The monoisotopic (exact) mass is 329 g/mol. The molecule has 0 radical (unpaired) electrons. The first-order valence-electron chi connectivity index (χ1n) is 6.91. The minimum Gasteiger partial charge on any atom is -0.496 e. The van der Waals surface area contributed by atoms with Crippen LogP contribution in [0.4, 0.5) is 11.4 Å². The van der Waals surface area contributed by atoms with Gasteiger partial charge in [-0.3, -0.25) is 4.79 Å². The van der Waals surface area contributed by atoms with Gasteiger partial charge in [-0.2, -0.15) is 5.26 Å². The van der Waals surface area contributed by atoms with E-state index in [2.05, 4.69) is 16.7 Å². The molecule has 2 rings (SSSR count). The van der Waals surface area contributed by atoms with E-state index in [0.29, 0.717) is 34.3 Å². The number of anilines is 2. The summed E-state index contributed by atoms with van der Waals surface area (Å²) >= 11 is 6.02. The highest BCUT2D eigenvalue weighted by Crippen LogP contribution is 2.28. The summed E-state index contributed by atoms with van der Waals surface area (Å²) in [6, 6.07) is 12.5. The summed E-state index contributed by atoms with van der Waals surface area (Å²) in [5.41, 5.74) is 2.78. The SMILES string of the molecule is COc1cc(C#N)ccc1CNc1cc(Cl)ccc1NC(C)=O. The first-order chi connectivity index (χ1) is 11.0.